The number of nitrogens with two attached hydrogens (primary N) is 1. The van der Waals surface area contributed by atoms with E-state index < -0.39 is 17.6 Å². The zero-order valence-electron chi connectivity index (χ0n) is 17.1. The van der Waals surface area contributed by atoms with Gasteiger partial charge in [-0.15, -0.1) is 0 Å². The Labute approximate surface area is 183 Å². The molecule has 0 radical (unpaired) electrons. The minimum atomic E-state index is -0.935. The summed E-state index contributed by atoms with van der Waals surface area (Å²) in [7, 11) is 1.53. The summed E-state index contributed by atoms with van der Waals surface area (Å²) in [6.07, 6.45) is 0. The molecular weight excluding hydrogens is 417 g/mol. The molecule has 0 aliphatic heterocycles. The highest BCUT2D eigenvalue weighted by Gasteiger charge is 2.12. The van der Waals surface area contributed by atoms with Crippen molar-refractivity contribution in [1.29, 1.82) is 0 Å². The van der Waals surface area contributed by atoms with Crippen LogP contribution < -0.4 is 25.8 Å². The Hall–Kier alpha value is -4.40. The van der Waals surface area contributed by atoms with Gasteiger partial charge in [0.05, 0.1) is 12.7 Å². The third-order valence-electron chi connectivity index (χ3n) is 4.33. The Morgan fingerprint density at radius 2 is 1.62 bits per heavy atom. The summed E-state index contributed by atoms with van der Waals surface area (Å²) in [6.45, 7) is -0.228. The molecule has 0 heterocycles. The molecule has 164 valence electrons. The van der Waals surface area contributed by atoms with Crippen LogP contribution in [0.1, 0.15) is 20.7 Å². The predicted molar refractivity (Wildman–Crippen MR) is 116 cm³/mol. The van der Waals surface area contributed by atoms with Gasteiger partial charge in [0, 0.05) is 23.0 Å². The molecule has 0 aliphatic carbocycles. The SMILES string of the molecule is COc1cccc(NC(=O)COc2ccc(C(=O)Nc3ccc(F)c(C(N)=O)c3)cc2)c1. The Morgan fingerprint density at radius 1 is 0.906 bits per heavy atom. The third-order valence-corrected chi connectivity index (χ3v) is 4.33. The molecule has 3 amide bonds. The third kappa shape index (κ3) is 5.82. The van der Waals surface area contributed by atoms with Gasteiger partial charge in [-0.05, 0) is 54.6 Å². The van der Waals surface area contributed by atoms with Gasteiger partial charge < -0.3 is 25.8 Å². The number of hydrogen-bond donors (Lipinski definition) is 3. The van der Waals surface area contributed by atoms with Crippen molar-refractivity contribution in [1.82, 2.24) is 0 Å². The Kier molecular flexibility index (Phi) is 7.02. The van der Waals surface area contributed by atoms with Crippen LogP contribution in [-0.4, -0.2) is 31.4 Å². The Balaban J connectivity index is 1.55. The van der Waals surface area contributed by atoms with E-state index in [0.717, 1.165) is 12.1 Å². The van der Waals surface area contributed by atoms with Gasteiger partial charge in [0.25, 0.3) is 17.7 Å². The van der Waals surface area contributed by atoms with Crippen LogP contribution in [0.4, 0.5) is 15.8 Å². The van der Waals surface area contributed by atoms with Crippen LogP contribution in [0.5, 0.6) is 11.5 Å². The van der Waals surface area contributed by atoms with Crippen molar-refractivity contribution in [2.45, 2.75) is 0 Å². The lowest BCUT2D eigenvalue weighted by molar-refractivity contribution is -0.118. The molecular formula is C23H20FN3O5. The molecule has 3 aromatic carbocycles. The Morgan fingerprint density at radius 3 is 2.31 bits per heavy atom. The lowest BCUT2D eigenvalue weighted by Crippen LogP contribution is -2.20. The predicted octanol–water partition coefficient (Wildman–Crippen LogP) is 3.20. The first-order valence-electron chi connectivity index (χ1n) is 9.43. The average Bonchev–Trinajstić information content (AvgIpc) is 2.79. The quantitative estimate of drug-likeness (QED) is 0.500. The van der Waals surface area contributed by atoms with Crippen molar-refractivity contribution >= 4 is 29.1 Å². The lowest BCUT2D eigenvalue weighted by Gasteiger charge is -2.10. The van der Waals surface area contributed by atoms with Gasteiger partial charge in [0.2, 0.25) is 0 Å². The number of primary amides is 1. The normalized spacial score (nSPS) is 10.2. The maximum Gasteiger partial charge on any atom is 0.262 e. The van der Waals surface area contributed by atoms with Crippen LogP contribution >= 0.6 is 0 Å². The maximum atomic E-state index is 13.5. The van der Waals surface area contributed by atoms with E-state index in [0.29, 0.717) is 22.7 Å². The number of halogens is 1. The van der Waals surface area contributed by atoms with Gasteiger partial charge in [-0.25, -0.2) is 4.39 Å². The number of rotatable bonds is 8. The Bertz CT molecular complexity index is 1150. The molecule has 0 fully saturated rings. The highest BCUT2D eigenvalue weighted by molar-refractivity contribution is 6.05. The number of hydrogen-bond acceptors (Lipinski definition) is 5. The van der Waals surface area contributed by atoms with E-state index in [2.05, 4.69) is 10.6 Å². The van der Waals surface area contributed by atoms with Crippen LogP contribution in [0.15, 0.2) is 66.7 Å². The molecule has 0 unspecified atom stereocenters. The van der Waals surface area contributed by atoms with Gasteiger partial charge in [-0.1, -0.05) is 6.07 Å². The summed E-state index contributed by atoms with van der Waals surface area (Å²) in [6, 6.07) is 16.5. The topological polar surface area (TPSA) is 120 Å². The number of benzene rings is 3. The molecule has 0 aromatic heterocycles. The van der Waals surface area contributed by atoms with Gasteiger partial charge in [0.1, 0.15) is 17.3 Å². The van der Waals surface area contributed by atoms with Crippen molar-refractivity contribution in [2.75, 3.05) is 24.4 Å². The van der Waals surface area contributed by atoms with E-state index in [4.69, 9.17) is 15.2 Å². The summed E-state index contributed by atoms with van der Waals surface area (Å²) in [5.41, 5.74) is 5.88. The first kappa shape index (κ1) is 22.3. The molecule has 32 heavy (non-hydrogen) atoms. The molecule has 3 rings (SSSR count). The highest BCUT2D eigenvalue weighted by Crippen LogP contribution is 2.18. The largest absolute Gasteiger partial charge is 0.497 e. The minimum Gasteiger partial charge on any atom is -0.497 e. The number of nitrogens with one attached hydrogen (secondary N) is 2. The van der Waals surface area contributed by atoms with Crippen molar-refractivity contribution in [3.63, 3.8) is 0 Å². The van der Waals surface area contributed by atoms with E-state index in [1.165, 1.54) is 37.4 Å². The minimum absolute atomic E-state index is 0.222. The van der Waals surface area contributed by atoms with Gasteiger partial charge in [-0.3, -0.25) is 14.4 Å². The van der Waals surface area contributed by atoms with E-state index >= 15 is 0 Å². The van der Waals surface area contributed by atoms with E-state index in [1.807, 2.05) is 0 Å². The van der Waals surface area contributed by atoms with Crippen LogP contribution in [0.2, 0.25) is 0 Å². The molecule has 3 aromatic rings. The zero-order valence-corrected chi connectivity index (χ0v) is 17.1. The number of methoxy groups -OCH3 is 1. The smallest absolute Gasteiger partial charge is 0.262 e. The second-order valence-corrected chi connectivity index (χ2v) is 6.61. The standard InChI is InChI=1S/C23H20FN3O5/c1-31-18-4-2-3-15(11-18)26-21(28)13-32-17-8-5-14(6-9-17)23(30)27-16-7-10-20(24)19(12-16)22(25)29/h2-12H,13H2,1H3,(H2,25,29)(H,26,28)(H,27,30). The van der Waals surface area contributed by atoms with Gasteiger partial charge >= 0.3 is 0 Å². The molecule has 0 saturated carbocycles. The fourth-order valence-electron chi connectivity index (χ4n) is 2.74. The summed E-state index contributed by atoms with van der Waals surface area (Å²) < 4.78 is 24.1. The fraction of sp³-hybridized carbons (Fsp3) is 0.0870. The van der Waals surface area contributed by atoms with Gasteiger partial charge in [0.15, 0.2) is 6.61 Å². The monoisotopic (exact) mass is 437 g/mol. The lowest BCUT2D eigenvalue weighted by atomic mass is 10.1. The molecule has 0 atom stereocenters. The second kappa shape index (κ2) is 10.1. The van der Waals surface area contributed by atoms with Crippen LogP contribution in [0, 0.1) is 5.82 Å². The first-order valence-corrected chi connectivity index (χ1v) is 9.43. The molecule has 0 aliphatic rings. The fourth-order valence-corrected chi connectivity index (χ4v) is 2.74. The second-order valence-electron chi connectivity index (χ2n) is 6.61. The number of ether oxygens (including phenoxy) is 2. The number of amides is 3. The number of anilines is 2. The van der Waals surface area contributed by atoms with Gasteiger partial charge in [-0.2, -0.15) is 0 Å². The van der Waals surface area contributed by atoms with E-state index in [9.17, 15) is 18.8 Å². The first-order chi connectivity index (χ1) is 15.4. The average molecular weight is 437 g/mol. The van der Waals surface area contributed by atoms with E-state index in [-0.39, 0.29) is 23.8 Å². The van der Waals surface area contributed by atoms with Crippen molar-refractivity contribution in [3.8, 4) is 11.5 Å². The van der Waals surface area contributed by atoms with Crippen molar-refractivity contribution in [2.24, 2.45) is 5.73 Å². The molecule has 4 N–H and O–H groups in total. The molecule has 8 nitrogen and oxygen atoms in total. The summed E-state index contributed by atoms with van der Waals surface area (Å²) >= 11 is 0. The van der Waals surface area contributed by atoms with Crippen LogP contribution in [-0.2, 0) is 4.79 Å². The number of carbonyl (C=O) groups excluding carboxylic acids is 3. The van der Waals surface area contributed by atoms with E-state index in [1.54, 1.807) is 24.3 Å². The summed E-state index contributed by atoms with van der Waals surface area (Å²) in [5, 5.41) is 5.25. The highest BCUT2D eigenvalue weighted by atomic mass is 19.1. The maximum absolute atomic E-state index is 13.5. The van der Waals surface area contributed by atoms with Crippen molar-refractivity contribution in [3.05, 3.63) is 83.7 Å². The summed E-state index contributed by atoms with van der Waals surface area (Å²) in [5.74, 6) is -1.54. The molecule has 0 saturated heterocycles. The van der Waals surface area contributed by atoms with Crippen LogP contribution in [0.25, 0.3) is 0 Å². The molecule has 0 spiro atoms. The van der Waals surface area contributed by atoms with Crippen LogP contribution in [0.3, 0.4) is 0 Å². The molecule has 0 bridgehead atoms. The summed E-state index contributed by atoms with van der Waals surface area (Å²) in [4.78, 5) is 35.7. The van der Waals surface area contributed by atoms with Crippen molar-refractivity contribution < 1.29 is 28.2 Å². The number of carbonyl (C=O) groups is 3. The zero-order chi connectivity index (χ0) is 23.1. The molecule has 9 heteroatoms.